The summed E-state index contributed by atoms with van der Waals surface area (Å²) in [4.78, 5) is 41.3. The predicted octanol–water partition coefficient (Wildman–Crippen LogP) is 1.99. The topological polar surface area (TPSA) is 162 Å². The predicted molar refractivity (Wildman–Crippen MR) is 118 cm³/mol. The lowest BCUT2D eigenvalue weighted by Gasteiger charge is -2.33. The third kappa shape index (κ3) is 5.23. The minimum absolute atomic E-state index is 0.00236. The second-order valence-electron chi connectivity index (χ2n) is 8.28. The Morgan fingerprint density at radius 3 is 2.50 bits per heavy atom. The van der Waals surface area contributed by atoms with Gasteiger partial charge < -0.3 is 10.2 Å². The van der Waals surface area contributed by atoms with E-state index in [2.05, 4.69) is 20.3 Å². The van der Waals surface area contributed by atoms with Gasteiger partial charge in [-0.1, -0.05) is 0 Å². The van der Waals surface area contributed by atoms with Crippen LogP contribution in [0, 0.1) is 16.0 Å². The number of hydrogen-bond donors (Lipinski definition) is 1. The molecule has 2 aliphatic heterocycles. The number of hydroxylamine groups is 2. The zero-order valence-corrected chi connectivity index (χ0v) is 19.6. The highest BCUT2D eigenvalue weighted by Crippen LogP contribution is 2.37. The molecule has 1 atom stereocenters. The highest BCUT2D eigenvalue weighted by Gasteiger charge is 2.38. The van der Waals surface area contributed by atoms with Gasteiger partial charge in [0.25, 0.3) is 0 Å². The molecular weight excluding hydrogens is 470 g/mol. The average molecular weight is 496 g/mol. The smallest absolute Gasteiger partial charge is 0.351 e. The Kier molecular flexibility index (Phi) is 6.90. The molecule has 184 valence electrons. The fourth-order valence-corrected chi connectivity index (χ4v) is 4.21. The summed E-state index contributed by atoms with van der Waals surface area (Å²) in [6, 6.07) is 2.77. The van der Waals surface area contributed by atoms with E-state index >= 15 is 0 Å². The molecule has 2 saturated heterocycles. The summed E-state index contributed by atoms with van der Waals surface area (Å²) in [5, 5.41) is 16.0. The van der Waals surface area contributed by atoms with E-state index in [-0.39, 0.29) is 34.3 Å². The molecule has 15 heteroatoms. The van der Waals surface area contributed by atoms with E-state index in [1.54, 1.807) is 0 Å². The number of pyridine rings is 1. The van der Waals surface area contributed by atoms with E-state index in [9.17, 15) is 18.5 Å². The van der Waals surface area contributed by atoms with Crippen molar-refractivity contribution in [1.82, 2.24) is 20.2 Å². The van der Waals surface area contributed by atoms with Gasteiger partial charge in [0.05, 0.1) is 22.8 Å². The second-order valence-corrected chi connectivity index (χ2v) is 10.2. The molecule has 0 spiro atoms. The number of sulfone groups is 1. The number of nitrogens with zero attached hydrogens (tertiary/aromatic N) is 6. The zero-order valence-electron chi connectivity index (χ0n) is 18.8. The summed E-state index contributed by atoms with van der Waals surface area (Å²) >= 11 is 0. The zero-order chi connectivity index (χ0) is 24.5. The molecule has 0 radical (unpaired) electrons. The van der Waals surface area contributed by atoms with Crippen molar-refractivity contribution in [2.45, 2.75) is 44.0 Å². The molecule has 2 aliphatic rings. The van der Waals surface area contributed by atoms with Crippen molar-refractivity contribution >= 4 is 32.8 Å². The molecule has 4 rings (SSSR count). The first-order chi connectivity index (χ1) is 16.1. The lowest BCUT2D eigenvalue weighted by Crippen LogP contribution is -2.39. The van der Waals surface area contributed by atoms with Crippen molar-refractivity contribution < 1.29 is 28.1 Å². The molecule has 1 unspecified atom stereocenters. The van der Waals surface area contributed by atoms with E-state index in [0.29, 0.717) is 31.6 Å². The maximum atomic E-state index is 11.9. The fraction of sp³-hybridized carbons (Fsp3) is 0.526. The number of aromatic nitrogens is 3. The maximum Gasteiger partial charge on any atom is 0.353 e. The van der Waals surface area contributed by atoms with Gasteiger partial charge in [0.2, 0.25) is 17.9 Å². The van der Waals surface area contributed by atoms with E-state index in [1.165, 1.54) is 29.9 Å². The summed E-state index contributed by atoms with van der Waals surface area (Å²) in [5.41, 5.74) is 0.0694. The average Bonchev–Trinajstić information content (AvgIpc) is 3.29. The van der Waals surface area contributed by atoms with Crippen molar-refractivity contribution in [2.24, 2.45) is 5.92 Å². The van der Waals surface area contributed by atoms with E-state index < -0.39 is 21.1 Å². The SMILES string of the molecule is CC(C)N1OOC(C2CCN(c3ncnc(Nc4ccc(S(C)(=O)=O)nc4)c3[N+](=O)[O-])CC2)O1. The van der Waals surface area contributed by atoms with Crippen molar-refractivity contribution in [3.8, 4) is 0 Å². The maximum absolute atomic E-state index is 11.9. The molecule has 1 N–H and O–H groups in total. The molecule has 0 aromatic carbocycles. The first kappa shape index (κ1) is 24.2. The third-order valence-electron chi connectivity index (χ3n) is 5.43. The third-order valence-corrected chi connectivity index (χ3v) is 6.43. The van der Waals surface area contributed by atoms with Crippen LogP contribution in [0.15, 0.2) is 29.7 Å². The highest BCUT2D eigenvalue weighted by molar-refractivity contribution is 7.90. The molecule has 2 aromatic rings. The number of rotatable bonds is 7. The van der Waals surface area contributed by atoms with Crippen LogP contribution in [0.1, 0.15) is 26.7 Å². The first-order valence-corrected chi connectivity index (χ1v) is 12.5. The van der Waals surface area contributed by atoms with Crippen LogP contribution in [0.4, 0.5) is 23.0 Å². The van der Waals surface area contributed by atoms with Crippen LogP contribution in [0.2, 0.25) is 0 Å². The molecule has 4 heterocycles. The molecule has 34 heavy (non-hydrogen) atoms. The highest BCUT2D eigenvalue weighted by atomic mass is 32.2. The Hall–Kier alpha value is -2.98. The van der Waals surface area contributed by atoms with Gasteiger partial charge >= 0.3 is 5.69 Å². The molecule has 0 saturated carbocycles. The minimum atomic E-state index is -3.46. The largest absolute Gasteiger partial charge is 0.353 e. The lowest BCUT2D eigenvalue weighted by molar-refractivity contribution is -0.424. The Balaban J connectivity index is 1.48. The van der Waals surface area contributed by atoms with Crippen LogP contribution in [0.5, 0.6) is 0 Å². The Morgan fingerprint density at radius 2 is 1.94 bits per heavy atom. The van der Waals surface area contributed by atoms with E-state index in [1.807, 2.05) is 18.7 Å². The monoisotopic (exact) mass is 495 g/mol. The van der Waals surface area contributed by atoms with Crippen LogP contribution in [-0.2, 0) is 24.6 Å². The van der Waals surface area contributed by atoms with Crippen molar-refractivity contribution in [2.75, 3.05) is 29.6 Å². The molecule has 2 aromatic heterocycles. The van der Waals surface area contributed by atoms with E-state index in [0.717, 1.165) is 6.26 Å². The van der Waals surface area contributed by atoms with Gasteiger partial charge in [0.1, 0.15) is 6.33 Å². The summed E-state index contributed by atoms with van der Waals surface area (Å²) in [7, 11) is -3.46. The Bertz CT molecular complexity index is 1140. The molecule has 14 nitrogen and oxygen atoms in total. The van der Waals surface area contributed by atoms with E-state index in [4.69, 9.17) is 14.7 Å². The van der Waals surface area contributed by atoms with Gasteiger partial charge in [-0.25, -0.2) is 28.2 Å². The fourth-order valence-electron chi connectivity index (χ4n) is 3.65. The summed E-state index contributed by atoms with van der Waals surface area (Å²) in [6.07, 6.45) is 4.33. The van der Waals surface area contributed by atoms with Crippen LogP contribution in [-0.4, -0.2) is 65.2 Å². The van der Waals surface area contributed by atoms with Crippen LogP contribution < -0.4 is 10.2 Å². The molecular formula is C19H25N7O7S. The summed E-state index contributed by atoms with van der Waals surface area (Å²) in [6.45, 7) is 4.81. The number of nitro groups is 1. The van der Waals surface area contributed by atoms with Gasteiger partial charge in [0.15, 0.2) is 14.9 Å². The van der Waals surface area contributed by atoms with Crippen molar-refractivity contribution in [1.29, 1.82) is 0 Å². The Morgan fingerprint density at radius 1 is 1.21 bits per heavy atom. The van der Waals surface area contributed by atoms with Crippen LogP contribution in [0.3, 0.4) is 0 Å². The number of anilines is 3. The molecule has 0 bridgehead atoms. The lowest BCUT2D eigenvalue weighted by atomic mass is 9.96. The van der Waals surface area contributed by atoms with Gasteiger partial charge in [-0.2, -0.15) is 4.89 Å². The van der Waals surface area contributed by atoms with Crippen LogP contribution in [0.25, 0.3) is 0 Å². The number of nitrogens with one attached hydrogen (secondary N) is 1. The number of hydrogen-bond acceptors (Lipinski definition) is 13. The second kappa shape index (κ2) is 9.71. The number of piperidine rings is 1. The molecule has 0 aliphatic carbocycles. The van der Waals surface area contributed by atoms with Gasteiger partial charge in [-0.05, 0) is 44.0 Å². The van der Waals surface area contributed by atoms with Gasteiger partial charge in [0, 0.05) is 25.3 Å². The van der Waals surface area contributed by atoms with Crippen molar-refractivity contribution in [3.63, 3.8) is 0 Å². The first-order valence-electron chi connectivity index (χ1n) is 10.6. The molecule has 2 fully saturated rings. The summed E-state index contributed by atoms with van der Waals surface area (Å²) < 4.78 is 23.2. The van der Waals surface area contributed by atoms with Gasteiger partial charge in [-0.3, -0.25) is 10.1 Å². The Labute approximate surface area is 195 Å². The quantitative estimate of drug-likeness (QED) is 0.337. The minimum Gasteiger partial charge on any atom is -0.351 e. The van der Waals surface area contributed by atoms with Gasteiger partial charge in [-0.15, -0.1) is 4.99 Å². The standard InChI is InChI=1S/C19H25N7O7S/c1-12(2)26-31-19(32-33-26)13-6-8-24(9-7-13)18-16(25(27)28)17(21-11-22-18)23-14-4-5-15(20-10-14)34(3,29)30/h4-5,10-13,19H,6-9H2,1-3H3,(H,21,22,23). The normalized spacial score (nSPS) is 20.1. The summed E-state index contributed by atoms with van der Waals surface area (Å²) in [5.74, 6) is 0.224. The van der Waals surface area contributed by atoms with Crippen molar-refractivity contribution in [3.05, 3.63) is 34.8 Å². The molecule has 0 amide bonds. The van der Waals surface area contributed by atoms with Crippen LogP contribution >= 0.6 is 0 Å².